The Hall–Kier alpha value is -1.74. The minimum absolute atomic E-state index is 0.960. The van der Waals surface area contributed by atoms with Gasteiger partial charge in [-0.1, -0.05) is 0 Å². The van der Waals surface area contributed by atoms with Crippen LogP contribution >= 0.6 is 0 Å². The summed E-state index contributed by atoms with van der Waals surface area (Å²) in [7, 11) is 0. The van der Waals surface area contributed by atoms with E-state index in [4.69, 9.17) is 5.73 Å². The number of anilines is 1. The molecule has 0 spiro atoms. The molecule has 1 aromatic heterocycles. The first kappa shape index (κ1) is 11.3. The van der Waals surface area contributed by atoms with E-state index in [2.05, 4.69) is 9.97 Å². The van der Waals surface area contributed by atoms with Crippen LogP contribution in [0.2, 0.25) is 0 Å². The Kier molecular flexibility index (Phi) is 2.37. The van der Waals surface area contributed by atoms with Gasteiger partial charge >= 0.3 is 17.8 Å². The first-order valence-electron chi connectivity index (χ1n) is 3.33. The Morgan fingerprint density at radius 2 is 1.67 bits per heavy atom. The van der Waals surface area contributed by atoms with E-state index in [-0.39, 0.29) is 0 Å². The maximum atomic E-state index is 12.6. The second-order valence-electron chi connectivity index (χ2n) is 2.43. The van der Waals surface area contributed by atoms with Gasteiger partial charge in [-0.15, -0.1) is 0 Å². The van der Waals surface area contributed by atoms with Gasteiger partial charge in [-0.05, 0) is 0 Å². The lowest BCUT2D eigenvalue weighted by Crippen LogP contribution is -2.37. The maximum Gasteiger partial charge on any atom is 0.461 e. The quantitative estimate of drug-likeness (QED) is 0.684. The molecule has 0 aliphatic rings. The van der Waals surface area contributed by atoms with Crippen molar-refractivity contribution in [3.8, 4) is 0 Å². The second-order valence-corrected chi connectivity index (χ2v) is 2.43. The van der Waals surface area contributed by atoms with Crippen molar-refractivity contribution in [3.63, 3.8) is 0 Å². The summed E-state index contributed by atoms with van der Waals surface area (Å²) in [6.45, 7) is 0. The highest BCUT2D eigenvalue weighted by atomic mass is 19.4. The summed E-state index contributed by atoms with van der Waals surface area (Å²) in [5.74, 6) is -8.12. The second kappa shape index (κ2) is 3.14. The lowest BCUT2D eigenvalue weighted by Gasteiger charge is -2.17. The Bertz CT molecular complexity index is 424. The van der Waals surface area contributed by atoms with Gasteiger partial charge in [-0.25, -0.2) is 4.79 Å². The van der Waals surface area contributed by atoms with Gasteiger partial charge in [0.1, 0.15) is 0 Å². The van der Waals surface area contributed by atoms with Gasteiger partial charge in [0.25, 0.3) is 0 Å². The summed E-state index contributed by atoms with van der Waals surface area (Å²) < 4.78 is 60.6. The van der Waals surface area contributed by atoms with E-state index in [1.165, 1.54) is 4.98 Å². The number of nitrogen functional groups attached to an aromatic ring is 1. The van der Waals surface area contributed by atoms with Crippen molar-refractivity contribution in [2.24, 2.45) is 0 Å². The minimum Gasteiger partial charge on any atom is -0.368 e. The molecule has 0 atom stereocenters. The Morgan fingerprint density at radius 3 is 2.07 bits per heavy atom. The third-order valence-electron chi connectivity index (χ3n) is 1.32. The number of alkyl halides is 5. The van der Waals surface area contributed by atoms with Crippen LogP contribution in [-0.2, 0) is 5.92 Å². The van der Waals surface area contributed by atoms with Crippen LogP contribution in [0.3, 0.4) is 0 Å². The monoisotopic (exact) mass is 230 g/mol. The molecule has 84 valence electrons. The standard InChI is InChI=1S/C5H3F5N4O/c6-4(7,5(8,9)10)1-12-2(11)14-3(15)13-1/h(H3,11,12,13,14,15). The molecule has 0 aromatic carbocycles. The minimum atomic E-state index is -5.86. The predicted molar refractivity (Wildman–Crippen MR) is 37.0 cm³/mol. The summed E-state index contributed by atoms with van der Waals surface area (Å²) in [5.41, 5.74) is 3.33. The largest absolute Gasteiger partial charge is 0.461 e. The zero-order valence-corrected chi connectivity index (χ0v) is 6.77. The topological polar surface area (TPSA) is 84.7 Å². The first-order valence-corrected chi connectivity index (χ1v) is 3.33. The molecule has 0 radical (unpaired) electrons. The molecule has 5 nitrogen and oxygen atoms in total. The van der Waals surface area contributed by atoms with Gasteiger partial charge in [0.2, 0.25) is 5.95 Å². The van der Waals surface area contributed by atoms with Crippen molar-refractivity contribution in [1.29, 1.82) is 0 Å². The average Bonchev–Trinajstić information content (AvgIpc) is 1.99. The molecule has 0 fully saturated rings. The Morgan fingerprint density at radius 1 is 1.13 bits per heavy atom. The molecule has 0 amide bonds. The first-order chi connectivity index (χ1) is 6.64. The van der Waals surface area contributed by atoms with Crippen molar-refractivity contribution in [2.45, 2.75) is 12.1 Å². The molecular formula is C5H3F5N4O. The highest BCUT2D eigenvalue weighted by Crippen LogP contribution is 2.41. The fourth-order valence-electron chi connectivity index (χ4n) is 0.684. The van der Waals surface area contributed by atoms with Gasteiger partial charge in [-0.2, -0.15) is 31.9 Å². The molecule has 0 unspecified atom stereocenters. The van der Waals surface area contributed by atoms with Crippen LogP contribution in [0.15, 0.2) is 4.79 Å². The van der Waals surface area contributed by atoms with Crippen LogP contribution < -0.4 is 11.4 Å². The lowest BCUT2D eigenvalue weighted by atomic mass is 10.3. The molecule has 0 bridgehead atoms. The van der Waals surface area contributed by atoms with Crippen molar-refractivity contribution < 1.29 is 22.0 Å². The van der Waals surface area contributed by atoms with Gasteiger partial charge in [0.15, 0.2) is 5.82 Å². The zero-order valence-electron chi connectivity index (χ0n) is 6.77. The van der Waals surface area contributed by atoms with Crippen LogP contribution in [0.4, 0.5) is 27.9 Å². The number of rotatable bonds is 1. The van der Waals surface area contributed by atoms with E-state index in [0.717, 1.165) is 0 Å². The van der Waals surface area contributed by atoms with E-state index in [0.29, 0.717) is 0 Å². The Balaban J connectivity index is 3.33. The number of nitrogens with one attached hydrogen (secondary N) is 1. The summed E-state index contributed by atoms with van der Waals surface area (Å²) in [4.78, 5) is 17.1. The summed E-state index contributed by atoms with van der Waals surface area (Å²) in [6.07, 6.45) is -5.86. The van der Waals surface area contributed by atoms with Gasteiger partial charge < -0.3 is 5.73 Å². The van der Waals surface area contributed by atoms with Crippen LogP contribution in [-0.4, -0.2) is 21.1 Å². The number of aromatic nitrogens is 3. The maximum absolute atomic E-state index is 12.6. The van der Waals surface area contributed by atoms with Crippen LogP contribution in [0.1, 0.15) is 5.82 Å². The van der Waals surface area contributed by atoms with Crippen molar-refractivity contribution in [1.82, 2.24) is 15.0 Å². The molecule has 3 N–H and O–H groups in total. The van der Waals surface area contributed by atoms with Crippen molar-refractivity contribution >= 4 is 5.95 Å². The number of halogens is 5. The molecule has 15 heavy (non-hydrogen) atoms. The fraction of sp³-hybridized carbons (Fsp3) is 0.400. The molecule has 10 heteroatoms. The van der Waals surface area contributed by atoms with E-state index >= 15 is 0 Å². The molecule has 1 rings (SSSR count). The number of nitrogens with zero attached hydrogens (tertiary/aromatic N) is 2. The summed E-state index contributed by atoms with van der Waals surface area (Å²) in [5, 5.41) is 0. The molecule has 0 aliphatic carbocycles. The molecule has 0 saturated carbocycles. The predicted octanol–water partition coefficient (Wildman–Crippen LogP) is 0.401. The number of nitrogens with two attached hydrogens (primary N) is 1. The van der Waals surface area contributed by atoms with E-state index in [1.807, 2.05) is 0 Å². The number of hydrogen-bond donors (Lipinski definition) is 2. The van der Waals surface area contributed by atoms with Crippen LogP contribution in [0.5, 0.6) is 0 Å². The van der Waals surface area contributed by atoms with Crippen molar-refractivity contribution in [3.05, 3.63) is 16.3 Å². The third kappa shape index (κ3) is 2.02. The SMILES string of the molecule is Nc1nc(C(F)(F)C(F)(F)F)[nH]c(=O)n1. The summed E-state index contributed by atoms with van der Waals surface area (Å²) >= 11 is 0. The van der Waals surface area contributed by atoms with Crippen molar-refractivity contribution in [2.75, 3.05) is 5.73 Å². The van der Waals surface area contributed by atoms with Gasteiger partial charge in [0, 0.05) is 0 Å². The number of H-pyrrole nitrogens is 1. The van der Waals surface area contributed by atoms with E-state index < -0.39 is 29.6 Å². The van der Waals surface area contributed by atoms with Gasteiger partial charge in [-0.3, -0.25) is 4.98 Å². The molecule has 0 saturated heterocycles. The average molecular weight is 230 g/mol. The van der Waals surface area contributed by atoms with Crippen LogP contribution in [0.25, 0.3) is 0 Å². The summed E-state index contributed by atoms with van der Waals surface area (Å²) in [6, 6.07) is 0. The highest BCUT2D eigenvalue weighted by Gasteiger charge is 2.61. The molecule has 0 aliphatic heterocycles. The zero-order chi connectivity index (χ0) is 11.9. The Labute approximate surface area is 78.1 Å². The number of hydrogen-bond acceptors (Lipinski definition) is 4. The smallest absolute Gasteiger partial charge is 0.368 e. The fourth-order valence-corrected chi connectivity index (χ4v) is 0.684. The molecule has 1 heterocycles. The highest BCUT2D eigenvalue weighted by molar-refractivity contribution is 5.15. The normalized spacial score (nSPS) is 12.9. The molecular weight excluding hydrogens is 227 g/mol. The lowest BCUT2D eigenvalue weighted by molar-refractivity contribution is -0.292. The molecule has 1 aromatic rings. The van der Waals surface area contributed by atoms with Gasteiger partial charge in [0.05, 0.1) is 0 Å². The number of aromatic amines is 1. The van der Waals surface area contributed by atoms with E-state index in [1.54, 1.807) is 0 Å². The third-order valence-corrected chi connectivity index (χ3v) is 1.32. The van der Waals surface area contributed by atoms with Crippen LogP contribution in [0, 0.1) is 0 Å². The van der Waals surface area contributed by atoms with E-state index in [9.17, 15) is 26.7 Å².